The number of aromatic nitrogens is 5. The average molecular weight is 552 g/mol. The van der Waals surface area contributed by atoms with E-state index in [0.717, 1.165) is 6.20 Å². The number of ether oxygens (including phenoxy) is 1. The molecule has 1 saturated heterocycles. The molecule has 1 fully saturated rings. The Hall–Kier alpha value is -4.42. The van der Waals surface area contributed by atoms with Crippen LogP contribution in [-0.2, 0) is 4.74 Å². The molecule has 0 radical (unpaired) electrons. The van der Waals surface area contributed by atoms with E-state index in [0.29, 0.717) is 54.1 Å². The molecule has 11 nitrogen and oxygen atoms in total. The van der Waals surface area contributed by atoms with Gasteiger partial charge < -0.3 is 15.0 Å². The van der Waals surface area contributed by atoms with Gasteiger partial charge in [0.15, 0.2) is 17.5 Å². The number of allylic oxidation sites excluding steroid dienone is 5. The molecule has 0 spiro atoms. The van der Waals surface area contributed by atoms with Crippen molar-refractivity contribution in [3.05, 3.63) is 89.3 Å². The smallest absolute Gasteiger partial charge is 0.288 e. The predicted molar refractivity (Wildman–Crippen MR) is 147 cm³/mol. The minimum absolute atomic E-state index is 0.0484. The summed E-state index contributed by atoms with van der Waals surface area (Å²) in [5.74, 6) is -0.355. The zero-order chi connectivity index (χ0) is 27.6. The van der Waals surface area contributed by atoms with Gasteiger partial charge >= 0.3 is 0 Å². The van der Waals surface area contributed by atoms with Crippen LogP contribution in [0.4, 0.5) is 21.8 Å². The van der Waals surface area contributed by atoms with E-state index >= 15 is 0 Å². The zero-order valence-corrected chi connectivity index (χ0v) is 22.1. The first-order chi connectivity index (χ1) is 19.0. The van der Waals surface area contributed by atoms with Gasteiger partial charge in [-0.2, -0.15) is 4.98 Å². The van der Waals surface area contributed by atoms with Crippen molar-refractivity contribution in [3.63, 3.8) is 0 Å². The van der Waals surface area contributed by atoms with Crippen LogP contribution >= 0.6 is 11.6 Å². The number of carbonyl (C=O) groups is 1. The number of pyridine rings is 1. The maximum atomic E-state index is 14.2. The highest BCUT2D eigenvalue weighted by Gasteiger charge is 2.18. The van der Waals surface area contributed by atoms with Gasteiger partial charge in [0.1, 0.15) is 5.69 Å². The van der Waals surface area contributed by atoms with Crippen molar-refractivity contribution >= 4 is 40.5 Å². The summed E-state index contributed by atoms with van der Waals surface area (Å²) < 4.78 is 19.5. The lowest BCUT2D eigenvalue weighted by molar-refractivity contribution is 0.0957. The molecule has 4 heterocycles. The van der Waals surface area contributed by atoms with Crippen molar-refractivity contribution < 1.29 is 13.9 Å². The Balaban J connectivity index is 1.36. The number of halogens is 2. The molecule has 1 amide bonds. The Morgan fingerprint density at radius 3 is 2.51 bits per heavy atom. The second-order valence-corrected chi connectivity index (χ2v) is 8.52. The minimum Gasteiger partial charge on any atom is -0.378 e. The van der Waals surface area contributed by atoms with E-state index in [2.05, 4.69) is 41.1 Å². The molecule has 3 aromatic rings. The third kappa shape index (κ3) is 7.33. The highest BCUT2D eigenvalue weighted by atomic mass is 35.5. The van der Waals surface area contributed by atoms with Gasteiger partial charge in [-0.3, -0.25) is 15.6 Å². The lowest BCUT2D eigenvalue weighted by atomic mass is 10.2. The number of hydrogen-bond donors (Lipinski definition) is 3. The molecule has 3 aromatic heterocycles. The number of rotatable bonds is 9. The molecular weight excluding hydrogens is 525 g/mol. The van der Waals surface area contributed by atoms with Crippen LogP contribution in [0.25, 0.3) is 5.57 Å². The first kappa shape index (κ1) is 27.6. The summed E-state index contributed by atoms with van der Waals surface area (Å²) in [6.45, 7) is 5.71. The molecule has 0 saturated carbocycles. The van der Waals surface area contributed by atoms with E-state index in [9.17, 15) is 9.18 Å². The molecule has 1 aliphatic heterocycles. The first-order valence-electron chi connectivity index (χ1n) is 12.1. The van der Waals surface area contributed by atoms with Crippen LogP contribution in [0, 0.1) is 5.82 Å². The maximum absolute atomic E-state index is 14.2. The number of anilines is 3. The molecule has 0 unspecified atom stereocenters. The second-order valence-electron chi connectivity index (χ2n) is 8.11. The van der Waals surface area contributed by atoms with Gasteiger partial charge in [-0.05, 0) is 38.1 Å². The quantitative estimate of drug-likeness (QED) is 0.265. The van der Waals surface area contributed by atoms with E-state index < -0.39 is 11.7 Å². The fourth-order valence-electron chi connectivity index (χ4n) is 3.58. The number of nitrogens with zero attached hydrogens (tertiary/aromatic N) is 6. The van der Waals surface area contributed by atoms with E-state index in [1.807, 2.05) is 26.0 Å². The van der Waals surface area contributed by atoms with Crippen LogP contribution in [0.3, 0.4) is 0 Å². The summed E-state index contributed by atoms with van der Waals surface area (Å²) in [6.07, 6.45) is 11.3. The van der Waals surface area contributed by atoms with E-state index in [-0.39, 0.29) is 17.5 Å². The summed E-state index contributed by atoms with van der Waals surface area (Å²) in [5.41, 5.74) is 7.28. The summed E-state index contributed by atoms with van der Waals surface area (Å²) in [7, 11) is 0. The standard InChI is InChI=1S/C26H27ClFN9O2/c1-3-17(14-20(27)19(4-2)23-29-8-5-9-30-23)33-18-6-7-22(31-15-18)25(38)35-36-26-32-16-21(28)24(34-26)37-10-12-39-13-11-37/h3-9,14-16,33H,10-13H2,1-2H3,(H,35,38)(H,32,34,36)/b17-3+,19-4+,20-14+. The van der Waals surface area contributed by atoms with Gasteiger partial charge in [0.05, 0.1) is 36.3 Å². The van der Waals surface area contributed by atoms with E-state index in [1.165, 1.54) is 6.20 Å². The number of nitrogens with one attached hydrogen (secondary N) is 3. The highest BCUT2D eigenvalue weighted by Crippen LogP contribution is 2.25. The monoisotopic (exact) mass is 551 g/mol. The molecular formula is C26H27ClFN9O2. The van der Waals surface area contributed by atoms with E-state index in [1.54, 1.807) is 41.6 Å². The van der Waals surface area contributed by atoms with Crippen molar-refractivity contribution in [2.45, 2.75) is 13.8 Å². The molecule has 4 rings (SSSR count). The highest BCUT2D eigenvalue weighted by molar-refractivity contribution is 6.37. The maximum Gasteiger partial charge on any atom is 0.288 e. The molecule has 3 N–H and O–H groups in total. The molecule has 0 aliphatic carbocycles. The third-order valence-electron chi connectivity index (χ3n) is 5.55. The summed E-state index contributed by atoms with van der Waals surface area (Å²) in [5, 5.41) is 3.67. The number of morpholine rings is 1. The van der Waals surface area contributed by atoms with Gasteiger partial charge in [-0.15, -0.1) is 0 Å². The number of amides is 1. The van der Waals surface area contributed by atoms with Crippen LogP contribution in [0.1, 0.15) is 30.2 Å². The fourth-order valence-corrected chi connectivity index (χ4v) is 3.89. The summed E-state index contributed by atoms with van der Waals surface area (Å²) >= 11 is 6.55. The Morgan fingerprint density at radius 1 is 1.08 bits per heavy atom. The van der Waals surface area contributed by atoms with Crippen LogP contribution in [0.15, 0.2) is 71.9 Å². The average Bonchev–Trinajstić information content (AvgIpc) is 2.98. The largest absolute Gasteiger partial charge is 0.378 e. The van der Waals surface area contributed by atoms with Crippen molar-refractivity contribution in [1.29, 1.82) is 0 Å². The number of carbonyl (C=O) groups excluding carboxylic acids is 1. The van der Waals surface area contributed by atoms with Crippen LogP contribution < -0.4 is 21.1 Å². The van der Waals surface area contributed by atoms with Crippen LogP contribution in [0.5, 0.6) is 0 Å². The van der Waals surface area contributed by atoms with Gasteiger partial charge in [0, 0.05) is 36.8 Å². The van der Waals surface area contributed by atoms with Crippen molar-refractivity contribution in [3.8, 4) is 0 Å². The lowest BCUT2D eigenvalue weighted by Gasteiger charge is -2.28. The second kappa shape index (κ2) is 13.4. The normalized spacial score (nSPS) is 14.7. The lowest BCUT2D eigenvalue weighted by Crippen LogP contribution is -2.38. The molecule has 13 heteroatoms. The van der Waals surface area contributed by atoms with Gasteiger partial charge in [-0.1, -0.05) is 23.8 Å². The molecule has 0 bridgehead atoms. The third-order valence-corrected chi connectivity index (χ3v) is 5.87. The van der Waals surface area contributed by atoms with Crippen molar-refractivity contribution in [2.24, 2.45) is 0 Å². The van der Waals surface area contributed by atoms with Crippen molar-refractivity contribution in [2.75, 3.05) is 41.9 Å². The minimum atomic E-state index is -0.550. The first-order valence-corrected chi connectivity index (χ1v) is 12.5. The zero-order valence-electron chi connectivity index (χ0n) is 21.4. The molecule has 202 valence electrons. The SMILES string of the molecule is C\C=C(/C(Cl)=C\C(=C/C)Nc1ccc(C(=O)NNc2ncc(F)c(N3CCOCC3)n2)nc1)c1ncccn1. The Kier molecular flexibility index (Phi) is 9.48. The summed E-state index contributed by atoms with van der Waals surface area (Å²) in [4.78, 5) is 35.1. The number of hydrogen-bond acceptors (Lipinski definition) is 10. The Labute approximate surface area is 229 Å². The summed E-state index contributed by atoms with van der Waals surface area (Å²) in [6, 6.07) is 4.99. The van der Waals surface area contributed by atoms with Crippen LogP contribution in [0.2, 0.25) is 0 Å². The van der Waals surface area contributed by atoms with Gasteiger partial charge in [0.25, 0.3) is 5.91 Å². The molecule has 39 heavy (non-hydrogen) atoms. The van der Waals surface area contributed by atoms with Crippen LogP contribution in [-0.4, -0.2) is 57.1 Å². The molecule has 0 aromatic carbocycles. The van der Waals surface area contributed by atoms with Gasteiger partial charge in [0.2, 0.25) is 5.95 Å². The topological polar surface area (TPSA) is 130 Å². The molecule has 0 atom stereocenters. The van der Waals surface area contributed by atoms with Gasteiger partial charge in [-0.25, -0.2) is 24.3 Å². The predicted octanol–water partition coefficient (Wildman–Crippen LogP) is 3.94. The fraction of sp³-hybridized carbons (Fsp3) is 0.231. The Morgan fingerprint density at radius 2 is 1.85 bits per heavy atom. The Bertz CT molecular complexity index is 1380. The van der Waals surface area contributed by atoms with E-state index in [4.69, 9.17) is 16.3 Å². The molecule has 1 aliphatic rings. The number of hydrazine groups is 1. The van der Waals surface area contributed by atoms with Crippen molar-refractivity contribution in [1.82, 2.24) is 30.3 Å².